The van der Waals surface area contributed by atoms with E-state index in [2.05, 4.69) is 34.6 Å². The molecule has 1 heterocycles. The number of carbonyl (C=O) groups is 1. The molecule has 1 amide bonds. The average Bonchev–Trinajstić information content (AvgIpc) is 2.63. The van der Waals surface area contributed by atoms with Gasteiger partial charge in [-0.2, -0.15) is 0 Å². The van der Waals surface area contributed by atoms with Crippen LogP contribution in [0.2, 0.25) is 0 Å². The summed E-state index contributed by atoms with van der Waals surface area (Å²) in [7, 11) is 0. The van der Waals surface area contributed by atoms with Crippen molar-refractivity contribution >= 4 is 5.91 Å². The molecule has 0 radical (unpaired) electrons. The molecule has 0 aliphatic heterocycles. The maximum Gasteiger partial charge on any atom is 0.251 e. The van der Waals surface area contributed by atoms with Crippen LogP contribution in [-0.4, -0.2) is 17.4 Å². The molecule has 0 saturated heterocycles. The first kappa shape index (κ1) is 15.9. The summed E-state index contributed by atoms with van der Waals surface area (Å²) in [5.41, 5.74) is 5.22. The average molecular weight is 316 g/mol. The molecule has 0 bridgehead atoms. The zero-order valence-corrected chi connectivity index (χ0v) is 13.7. The van der Waals surface area contributed by atoms with Crippen LogP contribution in [0.3, 0.4) is 0 Å². The molecule has 1 N–H and O–H groups in total. The topological polar surface area (TPSA) is 42.0 Å². The van der Waals surface area contributed by atoms with E-state index < -0.39 is 0 Å². The Labute approximate surface area is 142 Å². The summed E-state index contributed by atoms with van der Waals surface area (Å²) >= 11 is 0. The molecule has 0 atom stereocenters. The fourth-order valence-corrected chi connectivity index (χ4v) is 2.77. The molecule has 0 fully saturated rings. The molecule has 0 aliphatic carbocycles. The molecule has 0 aliphatic rings. The molecule has 3 heteroatoms. The number of carbonyl (C=O) groups excluding carboxylic acids is 1. The molecule has 1 aromatic heterocycles. The summed E-state index contributed by atoms with van der Waals surface area (Å²) in [6, 6.07) is 20.4. The van der Waals surface area contributed by atoms with Crippen LogP contribution in [0.15, 0.2) is 73.1 Å². The number of aryl methyl sites for hydroxylation is 1. The van der Waals surface area contributed by atoms with E-state index in [9.17, 15) is 4.79 Å². The van der Waals surface area contributed by atoms with Gasteiger partial charge in [0.25, 0.3) is 5.91 Å². The summed E-state index contributed by atoms with van der Waals surface area (Å²) in [6.07, 6.45) is 4.15. The third kappa shape index (κ3) is 3.69. The maximum atomic E-state index is 12.3. The SMILES string of the molecule is Cc1cnccc1C(=O)NCCc1ccccc1-c1ccccc1. The van der Waals surface area contributed by atoms with E-state index in [-0.39, 0.29) is 5.91 Å². The first-order valence-electron chi connectivity index (χ1n) is 8.08. The third-order valence-electron chi connectivity index (χ3n) is 4.05. The number of aromatic nitrogens is 1. The van der Waals surface area contributed by atoms with E-state index in [1.165, 1.54) is 16.7 Å². The summed E-state index contributed by atoms with van der Waals surface area (Å²) in [6.45, 7) is 2.50. The van der Waals surface area contributed by atoms with Gasteiger partial charge in [0.1, 0.15) is 0 Å². The van der Waals surface area contributed by atoms with Crippen LogP contribution < -0.4 is 5.32 Å². The number of nitrogens with one attached hydrogen (secondary N) is 1. The van der Waals surface area contributed by atoms with Crippen LogP contribution in [0.1, 0.15) is 21.5 Å². The summed E-state index contributed by atoms with van der Waals surface area (Å²) in [5, 5.41) is 3.00. The van der Waals surface area contributed by atoms with Gasteiger partial charge in [-0.25, -0.2) is 0 Å². The molecule has 3 aromatic rings. The van der Waals surface area contributed by atoms with Gasteiger partial charge in [-0.15, -0.1) is 0 Å². The Morgan fingerprint density at radius 1 is 1.00 bits per heavy atom. The van der Waals surface area contributed by atoms with Crippen LogP contribution in [0.5, 0.6) is 0 Å². The second kappa shape index (κ2) is 7.55. The lowest BCUT2D eigenvalue weighted by atomic mass is 9.98. The van der Waals surface area contributed by atoms with Crippen molar-refractivity contribution in [3.05, 3.63) is 89.7 Å². The highest BCUT2D eigenvalue weighted by Gasteiger charge is 2.09. The lowest BCUT2D eigenvalue weighted by molar-refractivity contribution is 0.0953. The van der Waals surface area contributed by atoms with Crippen LogP contribution in [-0.2, 0) is 6.42 Å². The quantitative estimate of drug-likeness (QED) is 0.772. The second-order valence-corrected chi connectivity index (χ2v) is 5.72. The Morgan fingerprint density at radius 2 is 1.75 bits per heavy atom. The number of hydrogen-bond donors (Lipinski definition) is 1. The van der Waals surface area contributed by atoms with Crippen molar-refractivity contribution in [2.24, 2.45) is 0 Å². The van der Waals surface area contributed by atoms with E-state index in [1.54, 1.807) is 18.5 Å². The molecule has 120 valence electrons. The zero-order chi connectivity index (χ0) is 16.8. The lowest BCUT2D eigenvalue weighted by Crippen LogP contribution is -2.26. The third-order valence-corrected chi connectivity index (χ3v) is 4.05. The first-order valence-corrected chi connectivity index (χ1v) is 8.08. The number of nitrogens with zero attached hydrogens (tertiary/aromatic N) is 1. The van der Waals surface area contributed by atoms with Gasteiger partial charge in [-0.05, 0) is 41.7 Å². The van der Waals surface area contributed by atoms with Gasteiger partial charge >= 0.3 is 0 Å². The number of amides is 1. The van der Waals surface area contributed by atoms with E-state index >= 15 is 0 Å². The number of rotatable bonds is 5. The van der Waals surface area contributed by atoms with Crippen LogP contribution in [0.25, 0.3) is 11.1 Å². The largest absolute Gasteiger partial charge is 0.352 e. The molecular formula is C21H20N2O. The smallest absolute Gasteiger partial charge is 0.251 e. The van der Waals surface area contributed by atoms with Gasteiger partial charge in [0.15, 0.2) is 0 Å². The molecule has 3 rings (SSSR count). The molecule has 3 nitrogen and oxygen atoms in total. The van der Waals surface area contributed by atoms with Gasteiger partial charge < -0.3 is 5.32 Å². The Balaban J connectivity index is 1.68. The fraction of sp³-hybridized carbons (Fsp3) is 0.143. The van der Waals surface area contributed by atoms with Crippen LogP contribution >= 0.6 is 0 Å². The van der Waals surface area contributed by atoms with E-state index in [0.29, 0.717) is 12.1 Å². The van der Waals surface area contributed by atoms with Crippen molar-refractivity contribution in [3.63, 3.8) is 0 Å². The van der Waals surface area contributed by atoms with Crippen molar-refractivity contribution in [1.29, 1.82) is 0 Å². The van der Waals surface area contributed by atoms with Crippen LogP contribution in [0, 0.1) is 6.92 Å². The molecule has 0 saturated carbocycles. The van der Waals surface area contributed by atoms with Gasteiger partial charge in [0, 0.05) is 24.5 Å². The number of benzene rings is 2. The first-order chi connectivity index (χ1) is 11.8. The van der Waals surface area contributed by atoms with Gasteiger partial charge in [-0.3, -0.25) is 9.78 Å². The van der Waals surface area contributed by atoms with Crippen LogP contribution in [0.4, 0.5) is 0 Å². The van der Waals surface area contributed by atoms with E-state index in [1.807, 2.05) is 37.3 Å². The summed E-state index contributed by atoms with van der Waals surface area (Å²) in [5.74, 6) is -0.0490. The molecule has 2 aromatic carbocycles. The van der Waals surface area contributed by atoms with Gasteiger partial charge in [-0.1, -0.05) is 54.6 Å². The molecule has 0 spiro atoms. The lowest BCUT2D eigenvalue weighted by Gasteiger charge is -2.11. The number of hydrogen-bond acceptors (Lipinski definition) is 2. The van der Waals surface area contributed by atoms with Crippen molar-refractivity contribution < 1.29 is 4.79 Å². The fourth-order valence-electron chi connectivity index (χ4n) is 2.77. The predicted molar refractivity (Wildman–Crippen MR) is 96.9 cm³/mol. The Kier molecular flexibility index (Phi) is 5.02. The molecule has 24 heavy (non-hydrogen) atoms. The Morgan fingerprint density at radius 3 is 2.54 bits per heavy atom. The minimum absolute atomic E-state index is 0.0490. The minimum Gasteiger partial charge on any atom is -0.352 e. The van der Waals surface area contributed by atoms with Gasteiger partial charge in [0.2, 0.25) is 0 Å². The van der Waals surface area contributed by atoms with E-state index in [0.717, 1.165) is 12.0 Å². The van der Waals surface area contributed by atoms with Crippen molar-refractivity contribution in [2.75, 3.05) is 6.54 Å². The second-order valence-electron chi connectivity index (χ2n) is 5.72. The Bertz CT molecular complexity index is 828. The normalized spacial score (nSPS) is 10.4. The van der Waals surface area contributed by atoms with Crippen molar-refractivity contribution in [3.8, 4) is 11.1 Å². The molecular weight excluding hydrogens is 296 g/mol. The maximum absolute atomic E-state index is 12.3. The van der Waals surface area contributed by atoms with E-state index in [4.69, 9.17) is 0 Å². The Hall–Kier alpha value is -2.94. The molecule has 0 unspecified atom stereocenters. The number of pyridine rings is 1. The van der Waals surface area contributed by atoms with Gasteiger partial charge in [0.05, 0.1) is 0 Å². The van der Waals surface area contributed by atoms with Crippen molar-refractivity contribution in [1.82, 2.24) is 10.3 Å². The standard InChI is InChI=1S/C21H20N2O/c1-16-15-22-13-12-19(16)21(24)23-14-11-18-9-5-6-10-20(18)17-7-3-2-4-8-17/h2-10,12-13,15H,11,14H2,1H3,(H,23,24). The zero-order valence-electron chi connectivity index (χ0n) is 13.7. The summed E-state index contributed by atoms with van der Waals surface area (Å²) in [4.78, 5) is 16.3. The highest BCUT2D eigenvalue weighted by Crippen LogP contribution is 2.23. The van der Waals surface area contributed by atoms with Crippen molar-refractivity contribution in [2.45, 2.75) is 13.3 Å². The highest BCUT2D eigenvalue weighted by atomic mass is 16.1. The summed E-state index contributed by atoms with van der Waals surface area (Å²) < 4.78 is 0. The highest BCUT2D eigenvalue weighted by molar-refractivity contribution is 5.95. The predicted octanol–water partition coefficient (Wildman–Crippen LogP) is 4.03. The minimum atomic E-state index is -0.0490. The monoisotopic (exact) mass is 316 g/mol.